The maximum atomic E-state index is 12.5. The van der Waals surface area contributed by atoms with Crippen LogP contribution in [0.4, 0.5) is 0 Å². The van der Waals surface area contributed by atoms with E-state index in [1.165, 1.54) is 0 Å². The molecule has 3 aromatic rings. The normalized spacial score (nSPS) is 10.8. The Morgan fingerprint density at radius 3 is 2.14 bits per heavy atom. The number of carbonyl (C=O) groups excluding carboxylic acids is 1. The number of phenolic OH excluding ortho intramolecular Hbond substituents is 1. The maximum Gasteiger partial charge on any atom is 0.193 e. The van der Waals surface area contributed by atoms with Crippen molar-refractivity contribution in [3.63, 3.8) is 0 Å². The second-order valence-electron chi connectivity index (χ2n) is 4.70. The standard InChI is InChI=1S/C17H10Cl2O2/c18-15-6-4-13(9-16(15)19)17(21)12-2-1-11-8-14(20)5-3-10(11)7-12/h1-9,20H. The Labute approximate surface area is 131 Å². The molecule has 0 aliphatic rings. The molecule has 0 saturated carbocycles. The van der Waals surface area contributed by atoms with Gasteiger partial charge in [0.25, 0.3) is 0 Å². The first-order valence-electron chi connectivity index (χ1n) is 6.27. The van der Waals surface area contributed by atoms with E-state index in [0.29, 0.717) is 21.2 Å². The van der Waals surface area contributed by atoms with Gasteiger partial charge in [-0.2, -0.15) is 0 Å². The van der Waals surface area contributed by atoms with Crippen LogP contribution in [0.15, 0.2) is 54.6 Å². The van der Waals surface area contributed by atoms with Crippen molar-refractivity contribution >= 4 is 39.8 Å². The number of hydrogen-bond donors (Lipinski definition) is 1. The first kappa shape index (κ1) is 13.9. The van der Waals surface area contributed by atoms with Crippen LogP contribution in [-0.4, -0.2) is 10.9 Å². The molecule has 0 unspecified atom stereocenters. The third-order valence-electron chi connectivity index (χ3n) is 3.27. The number of phenols is 1. The van der Waals surface area contributed by atoms with Gasteiger partial charge in [0.05, 0.1) is 10.0 Å². The zero-order chi connectivity index (χ0) is 15.0. The average Bonchev–Trinajstić information content (AvgIpc) is 2.49. The minimum atomic E-state index is -0.122. The first-order chi connectivity index (χ1) is 10.0. The van der Waals surface area contributed by atoms with E-state index >= 15 is 0 Å². The molecule has 0 atom stereocenters. The van der Waals surface area contributed by atoms with Crippen LogP contribution in [0, 0.1) is 0 Å². The van der Waals surface area contributed by atoms with Crippen molar-refractivity contribution in [1.82, 2.24) is 0 Å². The van der Waals surface area contributed by atoms with Crippen LogP contribution in [-0.2, 0) is 0 Å². The van der Waals surface area contributed by atoms with Gasteiger partial charge in [-0.15, -0.1) is 0 Å². The fraction of sp³-hybridized carbons (Fsp3) is 0. The minimum absolute atomic E-state index is 0.122. The predicted molar refractivity (Wildman–Crippen MR) is 85.5 cm³/mol. The first-order valence-corrected chi connectivity index (χ1v) is 7.03. The van der Waals surface area contributed by atoms with E-state index in [0.717, 1.165) is 10.8 Å². The molecule has 4 heteroatoms. The van der Waals surface area contributed by atoms with Gasteiger partial charge in [0.1, 0.15) is 5.75 Å². The van der Waals surface area contributed by atoms with E-state index in [-0.39, 0.29) is 11.5 Å². The fourth-order valence-corrected chi connectivity index (χ4v) is 2.48. The number of ketones is 1. The van der Waals surface area contributed by atoms with E-state index in [4.69, 9.17) is 23.2 Å². The molecule has 0 saturated heterocycles. The van der Waals surface area contributed by atoms with Gasteiger partial charge in [-0.3, -0.25) is 4.79 Å². The van der Waals surface area contributed by atoms with Gasteiger partial charge >= 0.3 is 0 Å². The lowest BCUT2D eigenvalue weighted by Crippen LogP contribution is -2.01. The van der Waals surface area contributed by atoms with Crippen molar-refractivity contribution in [2.24, 2.45) is 0 Å². The summed E-state index contributed by atoms with van der Waals surface area (Å²) in [7, 11) is 0. The highest BCUT2D eigenvalue weighted by Gasteiger charge is 2.11. The molecule has 0 bridgehead atoms. The van der Waals surface area contributed by atoms with Crippen LogP contribution in [0.1, 0.15) is 15.9 Å². The second kappa shape index (κ2) is 5.40. The summed E-state index contributed by atoms with van der Waals surface area (Å²) in [5.74, 6) is 0.0783. The molecule has 21 heavy (non-hydrogen) atoms. The highest BCUT2D eigenvalue weighted by Crippen LogP contribution is 2.26. The Bertz CT molecular complexity index is 857. The minimum Gasteiger partial charge on any atom is -0.508 e. The third-order valence-corrected chi connectivity index (χ3v) is 4.01. The SMILES string of the molecule is O=C(c1ccc(Cl)c(Cl)c1)c1ccc2cc(O)ccc2c1. The Morgan fingerprint density at radius 1 is 0.762 bits per heavy atom. The van der Waals surface area contributed by atoms with Crippen LogP contribution in [0.2, 0.25) is 10.0 Å². The molecular weight excluding hydrogens is 307 g/mol. The lowest BCUT2D eigenvalue weighted by atomic mass is 10.00. The molecule has 0 aromatic heterocycles. The van der Waals surface area contributed by atoms with Crippen LogP contribution < -0.4 is 0 Å². The van der Waals surface area contributed by atoms with Crippen molar-refractivity contribution < 1.29 is 9.90 Å². The molecule has 0 aliphatic carbocycles. The van der Waals surface area contributed by atoms with Crippen LogP contribution in [0.25, 0.3) is 10.8 Å². The average molecular weight is 317 g/mol. The molecule has 0 amide bonds. The number of benzene rings is 3. The Kier molecular flexibility index (Phi) is 3.58. The lowest BCUT2D eigenvalue weighted by Gasteiger charge is -2.05. The van der Waals surface area contributed by atoms with E-state index in [1.807, 2.05) is 0 Å². The summed E-state index contributed by atoms with van der Waals surface area (Å²) >= 11 is 11.8. The molecule has 0 radical (unpaired) electrons. The van der Waals surface area contributed by atoms with Crippen LogP contribution >= 0.6 is 23.2 Å². The molecular formula is C17H10Cl2O2. The highest BCUT2D eigenvalue weighted by atomic mass is 35.5. The summed E-state index contributed by atoms with van der Waals surface area (Å²) in [6, 6.07) is 15.2. The van der Waals surface area contributed by atoms with Crippen molar-refractivity contribution in [3.8, 4) is 5.75 Å². The van der Waals surface area contributed by atoms with E-state index in [1.54, 1.807) is 54.6 Å². The van der Waals surface area contributed by atoms with Crippen molar-refractivity contribution in [3.05, 3.63) is 75.8 Å². The highest BCUT2D eigenvalue weighted by molar-refractivity contribution is 6.42. The number of carbonyl (C=O) groups is 1. The fourth-order valence-electron chi connectivity index (χ4n) is 2.18. The van der Waals surface area contributed by atoms with Gasteiger partial charge in [0, 0.05) is 11.1 Å². The van der Waals surface area contributed by atoms with Crippen molar-refractivity contribution in [2.75, 3.05) is 0 Å². The third kappa shape index (κ3) is 2.73. The quantitative estimate of drug-likeness (QED) is 0.669. The summed E-state index contributed by atoms with van der Waals surface area (Å²) in [4.78, 5) is 12.5. The molecule has 1 N–H and O–H groups in total. The largest absolute Gasteiger partial charge is 0.508 e. The van der Waals surface area contributed by atoms with Crippen molar-refractivity contribution in [2.45, 2.75) is 0 Å². The summed E-state index contributed by atoms with van der Waals surface area (Å²) in [6.07, 6.45) is 0. The maximum absolute atomic E-state index is 12.5. The molecule has 0 fully saturated rings. The summed E-state index contributed by atoms with van der Waals surface area (Å²) in [5.41, 5.74) is 1.05. The molecule has 3 aromatic carbocycles. The Morgan fingerprint density at radius 2 is 1.38 bits per heavy atom. The number of fused-ring (bicyclic) bond motifs is 1. The van der Waals surface area contributed by atoms with Gasteiger partial charge in [-0.05, 0) is 47.2 Å². The molecule has 3 rings (SSSR count). The second-order valence-corrected chi connectivity index (χ2v) is 5.52. The monoisotopic (exact) mass is 316 g/mol. The Balaban J connectivity index is 2.04. The van der Waals surface area contributed by atoms with Crippen LogP contribution in [0.5, 0.6) is 5.75 Å². The van der Waals surface area contributed by atoms with E-state index in [9.17, 15) is 9.90 Å². The summed E-state index contributed by atoms with van der Waals surface area (Å²) in [6.45, 7) is 0. The molecule has 0 aliphatic heterocycles. The molecule has 0 heterocycles. The number of aromatic hydroxyl groups is 1. The van der Waals surface area contributed by atoms with Crippen LogP contribution in [0.3, 0.4) is 0 Å². The molecule has 0 spiro atoms. The van der Waals surface area contributed by atoms with Gasteiger partial charge < -0.3 is 5.11 Å². The van der Waals surface area contributed by atoms with Gasteiger partial charge in [-0.25, -0.2) is 0 Å². The van der Waals surface area contributed by atoms with Crippen molar-refractivity contribution in [1.29, 1.82) is 0 Å². The number of halogens is 2. The zero-order valence-corrected chi connectivity index (χ0v) is 12.3. The molecule has 2 nitrogen and oxygen atoms in total. The van der Waals surface area contributed by atoms with E-state index < -0.39 is 0 Å². The number of rotatable bonds is 2. The summed E-state index contributed by atoms with van der Waals surface area (Å²) in [5, 5.41) is 12.0. The molecule has 104 valence electrons. The lowest BCUT2D eigenvalue weighted by molar-refractivity contribution is 0.103. The van der Waals surface area contributed by atoms with Gasteiger partial charge in [-0.1, -0.05) is 41.4 Å². The Hall–Kier alpha value is -2.03. The van der Waals surface area contributed by atoms with Gasteiger partial charge in [0.2, 0.25) is 0 Å². The van der Waals surface area contributed by atoms with E-state index in [2.05, 4.69) is 0 Å². The van der Waals surface area contributed by atoms with Gasteiger partial charge in [0.15, 0.2) is 5.78 Å². The zero-order valence-electron chi connectivity index (χ0n) is 10.8. The number of hydrogen-bond acceptors (Lipinski definition) is 2. The predicted octanol–water partition coefficient (Wildman–Crippen LogP) is 5.08. The summed E-state index contributed by atoms with van der Waals surface area (Å²) < 4.78 is 0. The smallest absolute Gasteiger partial charge is 0.193 e. The topological polar surface area (TPSA) is 37.3 Å².